The van der Waals surface area contributed by atoms with Gasteiger partial charge in [0.15, 0.2) is 11.6 Å². The highest BCUT2D eigenvalue weighted by atomic mass is 19.1. The smallest absolute Gasteiger partial charge is 0.167 e. The van der Waals surface area contributed by atoms with E-state index in [0.29, 0.717) is 17.5 Å². The van der Waals surface area contributed by atoms with Crippen molar-refractivity contribution >= 4 is 11.4 Å². The molecule has 0 bridgehead atoms. The first-order valence-electron chi connectivity index (χ1n) is 7.67. The van der Waals surface area contributed by atoms with Crippen molar-refractivity contribution in [1.82, 2.24) is 0 Å². The first kappa shape index (κ1) is 15.9. The molecule has 0 aromatic heterocycles. The minimum absolute atomic E-state index is 0.0772. The zero-order valence-electron chi connectivity index (χ0n) is 12.8. The van der Waals surface area contributed by atoms with E-state index in [2.05, 4.69) is 5.32 Å². The van der Waals surface area contributed by atoms with Crippen molar-refractivity contribution in [2.24, 2.45) is 0 Å². The van der Waals surface area contributed by atoms with E-state index >= 15 is 0 Å². The van der Waals surface area contributed by atoms with E-state index in [0.717, 1.165) is 32.4 Å². The Balaban J connectivity index is 1.92. The van der Waals surface area contributed by atoms with Crippen molar-refractivity contribution in [3.05, 3.63) is 17.9 Å². The molecule has 1 aromatic carbocycles. The van der Waals surface area contributed by atoms with E-state index in [9.17, 15) is 4.39 Å². The maximum absolute atomic E-state index is 13.8. The molecule has 1 aliphatic rings. The monoisotopic (exact) mass is 296 g/mol. The summed E-state index contributed by atoms with van der Waals surface area (Å²) in [6.07, 6.45) is 4.67. The molecule has 118 valence electrons. The van der Waals surface area contributed by atoms with Gasteiger partial charge in [0.05, 0.1) is 23.6 Å². The second-order valence-corrected chi connectivity index (χ2v) is 5.74. The van der Waals surface area contributed by atoms with Crippen molar-refractivity contribution in [3.63, 3.8) is 0 Å². The largest absolute Gasteiger partial charge is 0.488 e. The number of rotatable bonds is 6. The second-order valence-electron chi connectivity index (χ2n) is 5.74. The van der Waals surface area contributed by atoms with Gasteiger partial charge in [0.2, 0.25) is 0 Å². The summed E-state index contributed by atoms with van der Waals surface area (Å²) < 4.78 is 24.9. The fraction of sp³-hybridized carbons (Fsp3) is 0.625. The zero-order chi connectivity index (χ0) is 15.2. The molecule has 3 N–H and O–H groups in total. The lowest BCUT2D eigenvalue weighted by molar-refractivity contribution is 0.0134. The Morgan fingerprint density at radius 1 is 1.43 bits per heavy atom. The van der Waals surface area contributed by atoms with Crippen molar-refractivity contribution in [3.8, 4) is 5.75 Å². The SMILES string of the molecule is CC(C)Oc1cc(NCCC2CCCCO2)c(N)cc1F. The normalized spacial score (nSPS) is 18.8. The van der Waals surface area contributed by atoms with Crippen molar-refractivity contribution in [2.45, 2.75) is 51.7 Å². The summed E-state index contributed by atoms with van der Waals surface area (Å²) in [5.41, 5.74) is 6.96. The summed E-state index contributed by atoms with van der Waals surface area (Å²) >= 11 is 0. The van der Waals surface area contributed by atoms with Gasteiger partial charge in [0.1, 0.15) is 0 Å². The molecule has 21 heavy (non-hydrogen) atoms. The molecule has 0 amide bonds. The highest BCUT2D eigenvalue weighted by Gasteiger charge is 2.14. The van der Waals surface area contributed by atoms with Crippen LogP contribution in [-0.2, 0) is 4.74 Å². The molecule has 4 nitrogen and oxygen atoms in total. The van der Waals surface area contributed by atoms with Crippen LogP contribution in [0.25, 0.3) is 0 Å². The van der Waals surface area contributed by atoms with Crippen molar-refractivity contribution in [2.75, 3.05) is 24.2 Å². The Kier molecular flexibility index (Phi) is 5.67. The van der Waals surface area contributed by atoms with E-state index < -0.39 is 5.82 Å². The molecular weight excluding hydrogens is 271 g/mol. The van der Waals surface area contributed by atoms with Gasteiger partial charge in [-0.1, -0.05) is 0 Å². The van der Waals surface area contributed by atoms with Crippen LogP contribution in [0.1, 0.15) is 39.5 Å². The fourth-order valence-electron chi connectivity index (χ4n) is 2.47. The third-order valence-electron chi connectivity index (χ3n) is 3.52. The molecule has 1 saturated heterocycles. The Bertz CT molecular complexity index is 460. The lowest BCUT2D eigenvalue weighted by atomic mass is 10.1. The quantitative estimate of drug-likeness (QED) is 0.788. The molecule has 1 aromatic rings. The van der Waals surface area contributed by atoms with Gasteiger partial charge in [-0.3, -0.25) is 0 Å². The van der Waals surface area contributed by atoms with Gasteiger partial charge in [-0.15, -0.1) is 0 Å². The molecule has 1 fully saturated rings. The lowest BCUT2D eigenvalue weighted by Gasteiger charge is -2.23. The van der Waals surface area contributed by atoms with Crippen LogP contribution in [0.5, 0.6) is 5.75 Å². The van der Waals surface area contributed by atoms with Crippen LogP contribution < -0.4 is 15.8 Å². The van der Waals surface area contributed by atoms with E-state index in [1.807, 2.05) is 13.8 Å². The molecule has 1 heterocycles. The molecule has 1 unspecified atom stereocenters. The first-order valence-corrected chi connectivity index (χ1v) is 7.67. The van der Waals surface area contributed by atoms with Crippen LogP contribution in [0.15, 0.2) is 12.1 Å². The average Bonchev–Trinajstić information content (AvgIpc) is 2.44. The number of hydrogen-bond acceptors (Lipinski definition) is 4. The van der Waals surface area contributed by atoms with Crippen molar-refractivity contribution in [1.29, 1.82) is 0 Å². The van der Waals surface area contributed by atoms with Crippen molar-refractivity contribution < 1.29 is 13.9 Å². The van der Waals surface area contributed by atoms with E-state index in [-0.39, 0.29) is 11.9 Å². The number of nitrogen functional groups attached to an aromatic ring is 1. The van der Waals surface area contributed by atoms with E-state index in [1.165, 1.54) is 12.5 Å². The van der Waals surface area contributed by atoms with Crippen LogP contribution in [0, 0.1) is 5.82 Å². The molecule has 5 heteroatoms. The number of anilines is 2. The zero-order valence-corrected chi connectivity index (χ0v) is 12.8. The molecule has 0 saturated carbocycles. The molecule has 0 spiro atoms. The fourth-order valence-corrected chi connectivity index (χ4v) is 2.47. The minimum Gasteiger partial charge on any atom is -0.488 e. The number of hydrogen-bond donors (Lipinski definition) is 2. The third kappa shape index (κ3) is 4.77. The number of nitrogens with two attached hydrogens (primary N) is 1. The van der Waals surface area contributed by atoms with Crippen LogP contribution in [0.3, 0.4) is 0 Å². The Morgan fingerprint density at radius 2 is 2.24 bits per heavy atom. The predicted molar refractivity (Wildman–Crippen MR) is 83.3 cm³/mol. The molecule has 2 rings (SSSR count). The number of halogens is 1. The van der Waals surface area contributed by atoms with Crippen LogP contribution >= 0.6 is 0 Å². The average molecular weight is 296 g/mol. The molecule has 0 radical (unpaired) electrons. The summed E-state index contributed by atoms with van der Waals surface area (Å²) in [5.74, 6) is -0.196. The Morgan fingerprint density at radius 3 is 2.90 bits per heavy atom. The highest BCUT2D eigenvalue weighted by Crippen LogP contribution is 2.29. The summed E-state index contributed by atoms with van der Waals surface area (Å²) in [6, 6.07) is 2.93. The Hall–Kier alpha value is -1.49. The minimum atomic E-state index is -0.428. The highest BCUT2D eigenvalue weighted by molar-refractivity contribution is 5.68. The van der Waals surface area contributed by atoms with Gasteiger partial charge in [0, 0.05) is 25.3 Å². The predicted octanol–water partition coefficient (Wildman–Crippen LogP) is 3.57. The van der Waals surface area contributed by atoms with Gasteiger partial charge in [-0.05, 0) is 39.5 Å². The molecule has 1 aliphatic heterocycles. The standard InChI is InChI=1S/C16H25FN2O2/c1-11(2)21-16-10-15(14(18)9-13(16)17)19-7-6-12-5-3-4-8-20-12/h9-12,19H,3-8,18H2,1-2H3. The number of benzene rings is 1. The van der Waals surface area contributed by atoms with E-state index in [1.54, 1.807) is 6.07 Å². The maximum Gasteiger partial charge on any atom is 0.167 e. The topological polar surface area (TPSA) is 56.5 Å². The molecule has 1 atom stereocenters. The summed E-state index contributed by atoms with van der Waals surface area (Å²) in [6.45, 7) is 5.34. The van der Waals surface area contributed by atoms with Crippen LogP contribution in [0.2, 0.25) is 0 Å². The molecule has 0 aliphatic carbocycles. The number of nitrogens with one attached hydrogen (secondary N) is 1. The van der Waals surface area contributed by atoms with Crippen LogP contribution in [-0.4, -0.2) is 25.4 Å². The summed E-state index contributed by atoms with van der Waals surface area (Å²) in [5, 5.41) is 3.25. The first-order chi connectivity index (χ1) is 10.1. The summed E-state index contributed by atoms with van der Waals surface area (Å²) in [7, 11) is 0. The third-order valence-corrected chi connectivity index (χ3v) is 3.52. The van der Waals surface area contributed by atoms with Gasteiger partial charge < -0.3 is 20.5 Å². The van der Waals surface area contributed by atoms with Gasteiger partial charge in [0.25, 0.3) is 0 Å². The Labute approximate surface area is 125 Å². The summed E-state index contributed by atoms with van der Waals surface area (Å²) in [4.78, 5) is 0. The second kappa shape index (κ2) is 7.50. The van der Waals surface area contributed by atoms with Gasteiger partial charge in [-0.25, -0.2) is 4.39 Å². The number of ether oxygens (including phenoxy) is 2. The van der Waals surface area contributed by atoms with Gasteiger partial charge >= 0.3 is 0 Å². The maximum atomic E-state index is 13.8. The van der Waals surface area contributed by atoms with Crippen LogP contribution in [0.4, 0.5) is 15.8 Å². The van der Waals surface area contributed by atoms with E-state index in [4.69, 9.17) is 15.2 Å². The molecular formula is C16H25FN2O2. The van der Waals surface area contributed by atoms with Gasteiger partial charge in [-0.2, -0.15) is 0 Å². The lowest BCUT2D eigenvalue weighted by Crippen LogP contribution is -2.22.